The number of sulfonamides is 1. The average Bonchev–Trinajstić information content (AvgIpc) is 3.32. The molecule has 2 saturated carbocycles. The molecule has 37 heavy (non-hydrogen) atoms. The van der Waals surface area contributed by atoms with Crippen molar-refractivity contribution in [3.63, 3.8) is 0 Å². The third-order valence-electron chi connectivity index (χ3n) is 9.82. The Bertz CT molecular complexity index is 957. The zero-order valence-electron chi connectivity index (χ0n) is 22.5. The van der Waals surface area contributed by atoms with Gasteiger partial charge in [-0.2, -0.15) is 4.31 Å². The van der Waals surface area contributed by atoms with Crippen LogP contribution in [0.25, 0.3) is 0 Å². The van der Waals surface area contributed by atoms with Crippen LogP contribution in [0.1, 0.15) is 64.7 Å². The van der Waals surface area contributed by atoms with Gasteiger partial charge in [-0.15, -0.1) is 0 Å². The minimum Gasteiger partial charge on any atom is -0.453 e. The predicted octanol–water partition coefficient (Wildman–Crippen LogP) is 2.64. The van der Waals surface area contributed by atoms with E-state index in [0.717, 1.165) is 64.3 Å². The van der Waals surface area contributed by atoms with Crippen LogP contribution in [0, 0.1) is 17.8 Å². The molecule has 2 aliphatic carbocycles. The highest BCUT2D eigenvalue weighted by Gasteiger charge is 2.51. The van der Waals surface area contributed by atoms with Gasteiger partial charge in [-0.3, -0.25) is 4.90 Å². The molecule has 1 N–H and O–H groups in total. The van der Waals surface area contributed by atoms with Gasteiger partial charge in [0.1, 0.15) is 6.10 Å². The summed E-state index contributed by atoms with van der Waals surface area (Å²) in [6.07, 6.45) is 9.13. The van der Waals surface area contributed by atoms with E-state index in [9.17, 15) is 18.0 Å². The number of carbonyl (C=O) groups is 2. The van der Waals surface area contributed by atoms with Gasteiger partial charge in [0.15, 0.2) is 0 Å². The second kappa shape index (κ2) is 10.9. The number of amides is 2. The molecule has 10 nitrogen and oxygen atoms in total. The largest absolute Gasteiger partial charge is 0.453 e. The van der Waals surface area contributed by atoms with Crippen LogP contribution in [0.2, 0.25) is 0 Å². The fraction of sp³-hybridized carbons (Fsp3) is 0.923. The number of methoxy groups -OCH3 is 1. The Morgan fingerprint density at radius 3 is 2.30 bits per heavy atom. The Hall–Kier alpha value is -1.59. The predicted molar refractivity (Wildman–Crippen MR) is 138 cm³/mol. The summed E-state index contributed by atoms with van der Waals surface area (Å²) in [5.74, 6) is 1.39. The molecule has 7 unspecified atom stereocenters. The van der Waals surface area contributed by atoms with E-state index in [1.807, 2.05) is 16.7 Å². The van der Waals surface area contributed by atoms with Gasteiger partial charge in [-0.25, -0.2) is 18.0 Å². The zero-order valence-corrected chi connectivity index (χ0v) is 23.3. The van der Waals surface area contributed by atoms with Crippen molar-refractivity contribution < 1.29 is 27.5 Å². The molecule has 3 saturated heterocycles. The fourth-order valence-corrected chi connectivity index (χ4v) is 9.33. The van der Waals surface area contributed by atoms with Gasteiger partial charge in [0.25, 0.3) is 0 Å². The number of hydrogen-bond acceptors (Lipinski definition) is 7. The van der Waals surface area contributed by atoms with Crippen molar-refractivity contribution in [3.8, 4) is 0 Å². The van der Waals surface area contributed by atoms with Crippen LogP contribution < -0.4 is 5.32 Å². The van der Waals surface area contributed by atoms with E-state index in [1.165, 1.54) is 13.4 Å². The van der Waals surface area contributed by atoms with Crippen molar-refractivity contribution in [1.29, 1.82) is 0 Å². The molecule has 210 valence electrons. The van der Waals surface area contributed by atoms with E-state index in [4.69, 9.17) is 9.47 Å². The first-order chi connectivity index (χ1) is 17.7. The third-order valence-corrected chi connectivity index (χ3v) is 11.1. The molecular weight excluding hydrogens is 496 g/mol. The molecule has 5 fully saturated rings. The molecule has 0 aromatic heterocycles. The van der Waals surface area contributed by atoms with Crippen molar-refractivity contribution >= 4 is 22.2 Å². The molecule has 11 heteroatoms. The van der Waals surface area contributed by atoms with Gasteiger partial charge in [-0.05, 0) is 89.0 Å². The second-order valence-corrected chi connectivity index (χ2v) is 13.9. The Kier molecular flexibility index (Phi) is 7.94. The molecule has 0 bridgehead atoms. The van der Waals surface area contributed by atoms with Gasteiger partial charge < -0.3 is 19.7 Å². The van der Waals surface area contributed by atoms with Crippen molar-refractivity contribution in [2.24, 2.45) is 17.8 Å². The van der Waals surface area contributed by atoms with Gasteiger partial charge in [-0.1, -0.05) is 0 Å². The van der Waals surface area contributed by atoms with E-state index in [2.05, 4.69) is 5.32 Å². The summed E-state index contributed by atoms with van der Waals surface area (Å²) in [6, 6.07) is -0.165. The van der Waals surface area contributed by atoms with Crippen LogP contribution in [-0.2, 0) is 19.5 Å². The molecule has 3 aliphatic heterocycles. The van der Waals surface area contributed by atoms with E-state index in [0.29, 0.717) is 37.4 Å². The highest BCUT2D eigenvalue weighted by atomic mass is 32.2. The summed E-state index contributed by atoms with van der Waals surface area (Å²) in [5.41, 5.74) is 0. The number of ether oxygens (including phenoxy) is 2. The van der Waals surface area contributed by atoms with Crippen LogP contribution in [0.4, 0.5) is 9.59 Å². The maximum absolute atomic E-state index is 13.5. The third kappa shape index (κ3) is 5.45. The Morgan fingerprint density at radius 1 is 0.892 bits per heavy atom. The van der Waals surface area contributed by atoms with Crippen LogP contribution in [0.5, 0.6) is 0 Å². The minimum atomic E-state index is -3.16. The van der Waals surface area contributed by atoms with Gasteiger partial charge in [0.05, 0.1) is 31.5 Å². The van der Waals surface area contributed by atoms with Crippen LogP contribution in [0.3, 0.4) is 0 Å². The molecular formula is C26H44N4O6S. The number of carbonyl (C=O) groups excluding carboxylic acids is 2. The van der Waals surface area contributed by atoms with E-state index < -0.39 is 10.0 Å². The number of fused-ring (bicyclic) bond motifs is 2. The molecule has 0 aromatic rings. The Labute approximate surface area is 221 Å². The smallest absolute Gasteiger partial charge is 0.410 e. The first-order valence-electron chi connectivity index (χ1n) is 14.2. The lowest BCUT2D eigenvalue weighted by Crippen LogP contribution is -2.67. The SMILES string of the molecule is COC(=O)N1C2CCC(C3CCC4C(CCN4S(C)(=O)=O)C3)CC2N(C(=O)OC2CCCNC2)C[C@@H]1C. The van der Waals surface area contributed by atoms with Crippen molar-refractivity contribution in [1.82, 2.24) is 19.4 Å². The maximum atomic E-state index is 13.5. The topological polar surface area (TPSA) is 108 Å². The summed E-state index contributed by atoms with van der Waals surface area (Å²) >= 11 is 0. The second-order valence-electron chi connectivity index (χ2n) is 12.0. The van der Waals surface area contributed by atoms with Gasteiger partial charge in [0.2, 0.25) is 10.0 Å². The molecule has 2 amide bonds. The lowest BCUT2D eigenvalue weighted by atomic mass is 9.66. The first kappa shape index (κ1) is 27.0. The normalized spacial score (nSPS) is 39.0. The molecule has 8 atom stereocenters. The lowest BCUT2D eigenvalue weighted by molar-refractivity contribution is -0.0516. The summed E-state index contributed by atoms with van der Waals surface area (Å²) in [7, 11) is -1.74. The van der Waals surface area contributed by atoms with E-state index in [1.54, 1.807) is 4.31 Å². The molecule has 0 radical (unpaired) electrons. The van der Waals surface area contributed by atoms with Gasteiger partial charge >= 0.3 is 12.2 Å². The van der Waals surface area contributed by atoms with Crippen molar-refractivity contribution in [2.75, 3.05) is 39.5 Å². The average molecular weight is 541 g/mol. The van der Waals surface area contributed by atoms with E-state index >= 15 is 0 Å². The van der Waals surface area contributed by atoms with E-state index in [-0.39, 0.29) is 42.5 Å². The summed E-state index contributed by atoms with van der Waals surface area (Å²) in [6.45, 7) is 4.71. The van der Waals surface area contributed by atoms with Crippen LogP contribution in [0.15, 0.2) is 0 Å². The fourth-order valence-electron chi connectivity index (χ4n) is 8.12. The highest BCUT2D eigenvalue weighted by Crippen LogP contribution is 2.47. The molecule has 0 spiro atoms. The summed E-state index contributed by atoms with van der Waals surface area (Å²) in [4.78, 5) is 30.0. The van der Waals surface area contributed by atoms with Crippen LogP contribution >= 0.6 is 0 Å². The monoisotopic (exact) mass is 540 g/mol. The van der Waals surface area contributed by atoms with Gasteiger partial charge in [0, 0.05) is 25.7 Å². The number of nitrogens with one attached hydrogen (secondary N) is 1. The quantitative estimate of drug-likeness (QED) is 0.586. The van der Waals surface area contributed by atoms with Crippen LogP contribution in [-0.4, -0.2) is 105 Å². The van der Waals surface area contributed by atoms with Crippen molar-refractivity contribution in [2.45, 2.75) is 95.0 Å². The Morgan fingerprint density at radius 2 is 1.62 bits per heavy atom. The molecule has 5 aliphatic rings. The first-order valence-corrected chi connectivity index (χ1v) is 16.0. The van der Waals surface area contributed by atoms with Crippen molar-refractivity contribution in [3.05, 3.63) is 0 Å². The number of nitrogens with zero attached hydrogens (tertiary/aromatic N) is 3. The molecule has 3 heterocycles. The Balaban J connectivity index is 1.30. The number of rotatable bonds is 3. The zero-order chi connectivity index (χ0) is 26.3. The highest BCUT2D eigenvalue weighted by molar-refractivity contribution is 7.88. The minimum absolute atomic E-state index is 0.0759. The number of piperazine rings is 1. The summed E-state index contributed by atoms with van der Waals surface area (Å²) < 4.78 is 37.3. The maximum Gasteiger partial charge on any atom is 0.410 e. The molecule has 0 aromatic carbocycles. The summed E-state index contributed by atoms with van der Waals surface area (Å²) in [5, 5.41) is 3.31. The standard InChI is InChI=1S/C26H44N4O6S/c1-17-16-28(25(31)36-21-5-4-11-27-15-21)24-14-19(7-9-23(24)30(17)26(32)35-2)18-6-8-22-20(13-18)10-12-29(22)37(3,33)34/h17-24,27H,4-16H2,1-3H3/t17-,18?,19?,20?,21?,22?,23?,24?/m0/s1. The lowest BCUT2D eigenvalue weighted by Gasteiger charge is -2.54. The number of piperidine rings is 1. The number of hydrogen-bond donors (Lipinski definition) is 1. The molecule has 5 rings (SSSR count).